The van der Waals surface area contributed by atoms with E-state index in [1.807, 2.05) is 19.1 Å². The first kappa shape index (κ1) is 21.1. The summed E-state index contributed by atoms with van der Waals surface area (Å²) in [6, 6.07) is 7.51. The highest BCUT2D eigenvalue weighted by molar-refractivity contribution is 5.96. The Hall–Kier alpha value is -2.22. The average Bonchev–Trinajstić information content (AvgIpc) is 2.66. The molecule has 2 heterocycles. The number of benzene rings is 1. The number of methoxy groups -OCH3 is 1. The van der Waals surface area contributed by atoms with Gasteiger partial charge in [-0.05, 0) is 62.7 Å². The molecule has 3 rings (SSSR count). The normalized spacial score (nSPS) is 15.5. The zero-order chi connectivity index (χ0) is 18.4. The van der Waals surface area contributed by atoms with Crippen LogP contribution in [0.4, 0.5) is 5.69 Å². The van der Waals surface area contributed by atoms with Crippen molar-refractivity contribution < 1.29 is 14.3 Å². The van der Waals surface area contributed by atoms with E-state index in [0.717, 1.165) is 37.2 Å². The molecule has 0 aliphatic carbocycles. The molecule has 1 amide bonds. The number of hydrogen-bond donors (Lipinski definition) is 2. The number of aromatic nitrogens is 2. The fourth-order valence-electron chi connectivity index (χ4n) is 3.16. The van der Waals surface area contributed by atoms with Gasteiger partial charge in [0, 0.05) is 25.2 Å². The van der Waals surface area contributed by atoms with Gasteiger partial charge in [0.1, 0.15) is 5.75 Å². The van der Waals surface area contributed by atoms with Gasteiger partial charge < -0.3 is 20.1 Å². The molecule has 1 aliphatic heterocycles. The van der Waals surface area contributed by atoms with E-state index >= 15 is 0 Å². The number of halogens is 1. The molecule has 1 fully saturated rings. The summed E-state index contributed by atoms with van der Waals surface area (Å²) in [6.45, 7) is 3.99. The van der Waals surface area contributed by atoms with Crippen molar-refractivity contribution in [2.24, 2.45) is 5.41 Å². The lowest BCUT2D eigenvalue weighted by Crippen LogP contribution is -2.47. The van der Waals surface area contributed by atoms with Crippen LogP contribution in [0.25, 0.3) is 0 Å². The zero-order valence-corrected chi connectivity index (χ0v) is 16.3. The van der Waals surface area contributed by atoms with Crippen LogP contribution in [-0.4, -0.2) is 42.7 Å². The van der Waals surface area contributed by atoms with Gasteiger partial charge in [0.05, 0.1) is 12.0 Å². The van der Waals surface area contributed by atoms with Gasteiger partial charge in [-0.3, -0.25) is 4.79 Å². The van der Waals surface area contributed by atoms with E-state index in [0.29, 0.717) is 12.4 Å². The van der Waals surface area contributed by atoms with E-state index in [1.165, 1.54) is 0 Å². The van der Waals surface area contributed by atoms with Crippen LogP contribution in [0, 0.1) is 12.3 Å². The maximum absolute atomic E-state index is 12.9. The number of aryl methyl sites for hydroxylation is 1. The summed E-state index contributed by atoms with van der Waals surface area (Å²) >= 11 is 0. The van der Waals surface area contributed by atoms with E-state index in [4.69, 9.17) is 9.47 Å². The minimum atomic E-state index is -0.487. The molecule has 1 aliphatic rings. The first-order chi connectivity index (χ1) is 12.6. The summed E-state index contributed by atoms with van der Waals surface area (Å²) in [5, 5.41) is 6.36. The minimum Gasteiger partial charge on any atom is -0.424 e. The second kappa shape index (κ2) is 9.64. The Balaban J connectivity index is 0.00000261. The van der Waals surface area contributed by atoms with Crippen LogP contribution in [0.5, 0.6) is 11.8 Å². The number of nitrogens with one attached hydrogen (secondary N) is 2. The molecule has 0 saturated carbocycles. The van der Waals surface area contributed by atoms with Gasteiger partial charge in [-0.25, -0.2) is 9.97 Å². The molecule has 27 heavy (non-hydrogen) atoms. The highest BCUT2D eigenvalue weighted by Gasteiger charge is 2.39. The van der Waals surface area contributed by atoms with Gasteiger partial charge in [0.2, 0.25) is 5.91 Å². The predicted molar refractivity (Wildman–Crippen MR) is 106 cm³/mol. The van der Waals surface area contributed by atoms with Crippen LogP contribution in [0.2, 0.25) is 0 Å². The van der Waals surface area contributed by atoms with E-state index in [1.54, 1.807) is 31.6 Å². The molecule has 1 aromatic carbocycles. The van der Waals surface area contributed by atoms with Crippen molar-refractivity contribution >= 4 is 24.0 Å². The number of hydrogen-bond acceptors (Lipinski definition) is 6. The smallest absolute Gasteiger partial charge is 0.321 e. The van der Waals surface area contributed by atoms with Crippen LogP contribution in [-0.2, 0) is 9.53 Å². The van der Waals surface area contributed by atoms with Crippen molar-refractivity contribution in [3.8, 4) is 11.8 Å². The fourth-order valence-corrected chi connectivity index (χ4v) is 3.16. The number of rotatable bonds is 6. The largest absolute Gasteiger partial charge is 0.424 e. The third-order valence-corrected chi connectivity index (χ3v) is 4.66. The van der Waals surface area contributed by atoms with Crippen LogP contribution < -0.4 is 15.4 Å². The summed E-state index contributed by atoms with van der Waals surface area (Å²) in [6.07, 6.45) is 4.77. The Morgan fingerprint density at radius 3 is 2.59 bits per heavy atom. The third-order valence-electron chi connectivity index (χ3n) is 4.66. The second-order valence-electron chi connectivity index (χ2n) is 6.53. The van der Waals surface area contributed by atoms with Gasteiger partial charge in [0.25, 0.3) is 0 Å². The first-order valence-corrected chi connectivity index (χ1v) is 8.70. The lowest BCUT2D eigenvalue weighted by Gasteiger charge is -2.35. The first-order valence-electron chi connectivity index (χ1n) is 8.70. The second-order valence-corrected chi connectivity index (χ2v) is 6.53. The molecule has 0 atom stereocenters. The molecule has 1 saturated heterocycles. The summed E-state index contributed by atoms with van der Waals surface area (Å²) < 4.78 is 11.0. The van der Waals surface area contributed by atoms with E-state index < -0.39 is 5.41 Å². The number of anilines is 1. The van der Waals surface area contributed by atoms with Crippen LogP contribution in [0.15, 0.2) is 36.7 Å². The predicted octanol–water partition coefficient (Wildman–Crippen LogP) is 2.95. The lowest BCUT2D eigenvalue weighted by molar-refractivity contribution is -0.130. The number of ether oxygens (including phenoxy) is 2. The van der Waals surface area contributed by atoms with Crippen molar-refractivity contribution in [2.45, 2.75) is 19.8 Å². The number of carbonyl (C=O) groups is 1. The van der Waals surface area contributed by atoms with Crippen molar-refractivity contribution in [3.63, 3.8) is 0 Å². The van der Waals surface area contributed by atoms with Crippen molar-refractivity contribution in [1.82, 2.24) is 15.3 Å². The Bertz CT molecular complexity index is 746. The molecule has 1 aromatic heterocycles. The maximum atomic E-state index is 12.9. The zero-order valence-electron chi connectivity index (χ0n) is 15.5. The van der Waals surface area contributed by atoms with E-state index in [2.05, 4.69) is 20.6 Å². The standard InChI is InChI=1S/C19H24N4O3.ClH/c1-14-12-15(26-18-21-8-3-9-22-18)4-5-16(14)23-17(24)19(13-25-2)6-10-20-11-7-19;/h3-5,8-9,12,20H,6-7,10-11,13H2,1-2H3,(H,23,24);1H. The fraction of sp³-hybridized carbons (Fsp3) is 0.421. The molecule has 8 heteroatoms. The molecule has 7 nitrogen and oxygen atoms in total. The quantitative estimate of drug-likeness (QED) is 0.786. The van der Waals surface area contributed by atoms with Crippen molar-refractivity contribution in [1.29, 1.82) is 0 Å². The molecule has 0 bridgehead atoms. The number of carbonyl (C=O) groups excluding carboxylic acids is 1. The van der Waals surface area contributed by atoms with Crippen molar-refractivity contribution in [2.75, 3.05) is 32.1 Å². The molecule has 2 aromatic rings. The highest BCUT2D eigenvalue weighted by Crippen LogP contribution is 2.32. The van der Waals surface area contributed by atoms with E-state index in [9.17, 15) is 4.79 Å². The average molecular weight is 393 g/mol. The monoisotopic (exact) mass is 392 g/mol. The molecule has 146 valence electrons. The SMILES string of the molecule is COCC1(C(=O)Nc2ccc(Oc3ncccn3)cc2C)CCNCC1.Cl. The molecular weight excluding hydrogens is 368 g/mol. The van der Waals surface area contributed by atoms with Gasteiger partial charge in [0.15, 0.2) is 0 Å². The summed E-state index contributed by atoms with van der Waals surface area (Å²) in [7, 11) is 1.64. The number of piperidine rings is 1. The topological polar surface area (TPSA) is 85.4 Å². The Kier molecular flexibility index (Phi) is 7.53. The van der Waals surface area contributed by atoms with Crippen LogP contribution >= 0.6 is 12.4 Å². The maximum Gasteiger partial charge on any atom is 0.321 e. The van der Waals surface area contributed by atoms with Gasteiger partial charge >= 0.3 is 6.01 Å². The van der Waals surface area contributed by atoms with Crippen LogP contribution in [0.1, 0.15) is 18.4 Å². The Morgan fingerprint density at radius 1 is 1.26 bits per heavy atom. The van der Waals surface area contributed by atoms with Crippen LogP contribution in [0.3, 0.4) is 0 Å². The van der Waals surface area contributed by atoms with Gasteiger partial charge in [-0.15, -0.1) is 12.4 Å². The Labute approximate surface area is 165 Å². The summed E-state index contributed by atoms with van der Waals surface area (Å²) in [4.78, 5) is 21.0. The minimum absolute atomic E-state index is 0. The molecule has 0 unspecified atom stereocenters. The lowest BCUT2D eigenvalue weighted by atomic mass is 9.78. The molecule has 0 radical (unpaired) electrons. The van der Waals surface area contributed by atoms with Gasteiger partial charge in [-0.1, -0.05) is 0 Å². The number of amides is 1. The summed E-state index contributed by atoms with van der Waals surface area (Å²) in [5.41, 5.74) is 1.19. The highest BCUT2D eigenvalue weighted by atomic mass is 35.5. The third kappa shape index (κ3) is 5.15. The van der Waals surface area contributed by atoms with Crippen molar-refractivity contribution in [3.05, 3.63) is 42.2 Å². The van der Waals surface area contributed by atoms with E-state index in [-0.39, 0.29) is 24.3 Å². The molecule has 2 N–H and O–H groups in total. The van der Waals surface area contributed by atoms with Gasteiger partial charge in [-0.2, -0.15) is 0 Å². The summed E-state index contributed by atoms with van der Waals surface area (Å²) in [5.74, 6) is 0.629. The molecule has 0 spiro atoms. The Morgan fingerprint density at radius 2 is 1.96 bits per heavy atom. The molecular formula is C19H25ClN4O3. The number of nitrogens with zero attached hydrogens (tertiary/aromatic N) is 2.